The first-order valence-electron chi connectivity index (χ1n) is 9.51. The first-order valence-corrected chi connectivity index (χ1v) is 9.51. The highest BCUT2D eigenvalue weighted by Crippen LogP contribution is 2.22. The molecule has 0 aliphatic carbocycles. The molecule has 3 aromatic rings. The van der Waals surface area contributed by atoms with Gasteiger partial charge in [-0.25, -0.2) is 9.18 Å². The van der Waals surface area contributed by atoms with Crippen LogP contribution in [0.2, 0.25) is 0 Å². The molecule has 0 saturated carbocycles. The van der Waals surface area contributed by atoms with Crippen molar-refractivity contribution in [2.24, 2.45) is 0 Å². The molecule has 0 saturated heterocycles. The van der Waals surface area contributed by atoms with Crippen molar-refractivity contribution < 1.29 is 23.5 Å². The Labute approximate surface area is 174 Å². The van der Waals surface area contributed by atoms with E-state index in [0.717, 1.165) is 11.1 Å². The third kappa shape index (κ3) is 5.67. The Balaban J connectivity index is 1.61. The van der Waals surface area contributed by atoms with E-state index in [1.165, 1.54) is 25.1 Å². The van der Waals surface area contributed by atoms with Gasteiger partial charge in [-0.05, 0) is 30.2 Å². The maximum Gasteiger partial charge on any atom is 0.344 e. The van der Waals surface area contributed by atoms with Gasteiger partial charge in [0.2, 0.25) is 0 Å². The lowest BCUT2D eigenvalue weighted by atomic mass is 9.98. The van der Waals surface area contributed by atoms with Gasteiger partial charge in [0, 0.05) is 0 Å². The molecule has 0 aliphatic rings. The van der Waals surface area contributed by atoms with E-state index >= 15 is 0 Å². The van der Waals surface area contributed by atoms with Crippen LogP contribution in [-0.4, -0.2) is 24.6 Å². The number of carbonyl (C=O) groups is 2. The van der Waals surface area contributed by atoms with Crippen LogP contribution in [-0.2, 0) is 14.3 Å². The molecule has 0 aromatic heterocycles. The summed E-state index contributed by atoms with van der Waals surface area (Å²) in [7, 11) is 0. The van der Waals surface area contributed by atoms with Gasteiger partial charge < -0.3 is 14.8 Å². The molecule has 0 bridgehead atoms. The SMILES string of the molecule is C[C@H](OC(=O)COc1ccccc1F)C(=O)NC(c1ccccc1)c1ccccc1. The lowest BCUT2D eigenvalue weighted by molar-refractivity contribution is -0.156. The lowest BCUT2D eigenvalue weighted by Gasteiger charge is -2.22. The number of ether oxygens (including phenoxy) is 2. The summed E-state index contributed by atoms with van der Waals surface area (Å²) in [6.45, 7) is 0.975. The van der Waals surface area contributed by atoms with Crippen molar-refractivity contribution >= 4 is 11.9 Å². The molecule has 0 heterocycles. The van der Waals surface area contributed by atoms with Gasteiger partial charge in [0.1, 0.15) is 0 Å². The van der Waals surface area contributed by atoms with Crippen molar-refractivity contribution in [1.82, 2.24) is 5.32 Å². The van der Waals surface area contributed by atoms with E-state index in [9.17, 15) is 14.0 Å². The van der Waals surface area contributed by atoms with E-state index in [4.69, 9.17) is 9.47 Å². The second-order valence-electron chi connectivity index (χ2n) is 6.61. The maximum atomic E-state index is 13.6. The molecule has 5 nitrogen and oxygen atoms in total. The van der Waals surface area contributed by atoms with Crippen molar-refractivity contribution in [2.45, 2.75) is 19.1 Å². The number of para-hydroxylation sites is 1. The fourth-order valence-electron chi connectivity index (χ4n) is 2.89. The van der Waals surface area contributed by atoms with E-state index in [1.54, 1.807) is 6.07 Å². The highest BCUT2D eigenvalue weighted by Gasteiger charge is 2.23. The van der Waals surface area contributed by atoms with Crippen LogP contribution in [0.4, 0.5) is 4.39 Å². The van der Waals surface area contributed by atoms with Crippen LogP contribution in [0.5, 0.6) is 5.75 Å². The number of hydrogen-bond acceptors (Lipinski definition) is 4. The quantitative estimate of drug-likeness (QED) is 0.573. The molecule has 0 aliphatic heterocycles. The van der Waals surface area contributed by atoms with Crippen molar-refractivity contribution in [3.63, 3.8) is 0 Å². The van der Waals surface area contributed by atoms with Gasteiger partial charge in [-0.2, -0.15) is 0 Å². The molecule has 3 aromatic carbocycles. The number of rotatable bonds is 8. The Morgan fingerprint density at radius 1 is 0.867 bits per heavy atom. The largest absolute Gasteiger partial charge is 0.479 e. The highest BCUT2D eigenvalue weighted by atomic mass is 19.1. The van der Waals surface area contributed by atoms with Gasteiger partial charge in [0.05, 0.1) is 6.04 Å². The molecule has 154 valence electrons. The predicted octanol–water partition coefficient (Wildman–Crippen LogP) is 4.04. The standard InChI is InChI=1S/C24H22FNO4/c1-17(30-22(27)16-29-21-15-9-8-14-20(21)25)24(28)26-23(18-10-4-2-5-11-18)19-12-6-3-7-13-19/h2-15,17,23H,16H2,1H3,(H,26,28)/t17-/m0/s1. The minimum absolute atomic E-state index is 0.0558. The Morgan fingerprint density at radius 3 is 1.97 bits per heavy atom. The Bertz CT molecular complexity index is 939. The van der Waals surface area contributed by atoms with Crippen LogP contribution in [0.1, 0.15) is 24.1 Å². The first-order chi connectivity index (χ1) is 14.5. The number of hydrogen-bond donors (Lipinski definition) is 1. The summed E-state index contributed by atoms with van der Waals surface area (Å²) in [6.07, 6.45) is -1.04. The Kier molecular flexibility index (Phi) is 7.16. The number of esters is 1. The Hall–Kier alpha value is -3.67. The molecule has 1 amide bonds. The third-order valence-electron chi connectivity index (χ3n) is 4.41. The van der Waals surface area contributed by atoms with Crippen molar-refractivity contribution in [2.75, 3.05) is 6.61 Å². The molecular weight excluding hydrogens is 385 g/mol. The Morgan fingerprint density at radius 2 is 1.40 bits per heavy atom. The summed E-state index contributed by atoms with van der Waals surface area (Å²) in [4.78, 5) is 24.7. The summed E-state index contributed by atoms with van der Waals surface area (Å²) in [5, 5.41) is 2.92. The van der Waals surface area contributed by atoms with Gasteiger partial charge in [0.25, 0.3) is 5.91 Å². The van der Waals surface area contributed by atoms with Gasteiger partial charge in [0.15, 0.2) is 24.3 Å². The first kappa shape index (κ1) is 21.0. The van der Waals surface area contributed by atoms with E-state index in [1.807, 2.05) is 60.7 Å². The van der Waals surface area contributed by atoms with Crippen LogP contribution in [0.25, 0.3) is 0 Å². The summed E-state index contributed by atoms with van der Waals surface area (Å²) in [5.41, 5.74) is 1.80. The second-order valence-corrected chi connectivity index (χ2v) is 6.61. The zero-order valence-electron chi connectivity index (χ0n) is 16.5. The van der Waals surface area contributed by atoms with Gasteiger partial charge in [-0.15, -0.1) is 0 Å². The fraction of sp³-hybridized carbons (Fsp3) is 0.167. The fourth-order valence-corrected chi connectivity index (χ4v) is 2.89. The second kappa shape index (κ2) is 10.2. The molecule has 1 atom stereocenters. The zero-order chi connectivity index (χ0) is 21.3. The van der Waals surface area contributed by atoms with E-state index in [-0.39, 0.29) is 5.75 Å². The van der Waals surface area contributed by atoms with Crippen molar-refractivity contribution in [1.29, 1.82) is 0 Å². The zero-order valence-corrected chi connectivity index (χ0v) is 16.5. The predicted molar refractivity (Wildman–Crippen MR) is 110 cm³/mol. The molecule has 0 unspecified atom stereocenters. The van der Waals surface area contributed by atoms with Gasteiger partial charge in [-0.1, -0.05) is 72.8 Å². The van der Waals surface area contributed by atoms with E-state index in [2.05, 4.69) is 5.32 Å². The summed E-state index contributed by atoms with van der Waals surface area (Å²) >= 11 is 0. The van der Waals surface area contributed by atoms with Crippen LogP contribution in [0.3, 0.4) is 0 Å². The number of benzene rings is 3. The van der Waals surface area contributed by atoms with Crippen LogP contribution >= 0.6 is 0 Å². The van der Waals surface area contributed by atoms with Crippen LogP contribution < -0.4 is 10.1 Å². The average molecular weight is 407 g/mol. The summed E-state index contributed by atoms with van der Waals surface area (Å²) in [5.74, 6) is -1.85. The molecule has 3 rings (SSSR count). The molecule has 0 spiro atoms. The normalized spacial score (nSPS) is 11.6. The monoisotopic (exact) mass is 407 g/mol. The highest BCUT2D eigenvalue weighted by molar-refractivity contribution is 5.84. The maximum absolute atomic E-state index is 13.6. The minimum atomic E-state index is -1.04. The van der Waals surface area contributed by atoms with Crippen molar-refractivity contribution in [3.05, 3.63) is 102 Å². The molecule has 6 heteroatoms. The molecule has 0 radical (unpaired) electrons. The van der Waals surface area contributed by atoms with E-state index in [0.29, 0.717) is 0 Å². The number of carbonyl (C=O) groups excluding carboxylic acids is 2. The number of halogens is 1. The molecule has 30 heavy (non-hydrogen) atoms. The summed E-state index contributed by atoms with van der Waals surface area (Å²) in [6, 6.07) is 24.4. The topological polar surface area (TPSA) is 64.6 Å². The minimum Gasteiger partial charge on any atom is -0.479 e. The van der Waals surface area contributed by atoms with Gasteiger partial charge >= 0.3 is 5.97 Å². The van der Waals surface area contributed by atoms with Crippen molar-refractivity contribution in [3.8, 4) is 5.75 Å². The smallest absolute Gasteiger partial charge is 0.344 e. The van der Waals surface area contributed by atoms with Crippen LogP contribution in [0.15, 0.2) is 84.9 Å². The molecular formula is C24H22FNO4. The van der Waals surface area contributed by atoms with Crippen LogP contribution in [0, 0.1) is 5.82 Å². The lowest BCUT2D eigenvalue weighted by Crippen LogP contribution is -2.39. The molecule has 0 fully saturated rings. The number of nitrogens with one attached hydrogen (secondary N) is 1. The average Bonchev–Trinajstić information content (AvgIpc) is 2.78. The van der Waals surface area contributed by atoms with E-state index < -0.39 is 36.4 Å². The summed E-state index contributed by atoms with van der Waals surface area (Å²) < 4.78 is 23.8. The number of amides is 1. The molecule has 1 N–H and O–H groups in total. The van der Waals surface area contributed by atoms with Gasteiger partial charge in [-0.3, -0.25) is 4.79 Å². The third-order valence-corrected chi connectivity index (χ3v) is 4.41.